The molecule has 2 unspecified atom stereocenters. The first-order valence-electron chi connectivity index (χ1n) is 6.94. The number of aryl methyl sites for hydroxylation is 1. The van der Waals surface area contributed by atoms with E-state index in [0.717, 1.165) is 25.4 Å². The third-order valence-corrected chi connectivity index (χ3v) is 4.59. The molecule has 2 aliphatic rings. The minimum Gasteiger partial charge on any atom is -0.378 e. The zero-order valence-corrected chi connectivity index (χ0v) is 11.2. The number of nitrogens with zero attached hydrogens (tertiary/aromatic N) is 3. The van der Waals surface area contributed by atoms with Crippen LogP contribution in [0.5, 0.6) is 0 Å². The van der Waals surface area contributed by atoms with Crippen molar-refractivity contribution in [2.45, 2.75) is 51.3 Å². The molecule has 2 aliphatic carbocycles. The van der Waals surface area contributed by atoms with Gasteiger partial charge in [-0.05, 0) is 26.2 Å². The van der Waals surface area contributed by atoms with Crippen molar-refractivity contribution in [1.29, 1.82) is 0 Å². The third kappa shape index (κ3) is 1.86. The lowest BCUT2D eigenvalue weighted by atomic mass is 9.51. The van der Waals surface area contributed by atoms with Crippen LogP contribution in [0, 0.1) is 5.41 Å². The van der Waals surface area contributed by atoms with Gasteiger partial charge in [0.05, 0.1) is 12.6 Å². The highest BCUT2D eigenvalue weighted by atomic mass is 16.5. The van der Waals surface area contributed by atoms with Crippen LogP contribution >= 0.6 is 0 Å². The summed E-state index contributed by atoms with van der Waals surface area (Å²) in [5.74, 6) is 0.881. The second-order valence-corrected chi connectivity index (χ2v) is 5.53. The summed E-state index contributed by atoms with van der Waals surface area (Å²) in [5, 5.41) is 7.91. The van der Waals surface area contributed by atoms with E-state index in [-0.39, 0.29) is 0 Å². The van der Waals surface area contributed by atoms with Crippen LogP contribution < -0.4 is 5.32 Å². The molecule has 2 fully saturated rings. The van der Waals surface area contributed by atoms with E-state index < -0.39 is 0 Å². The summed E-state index contributed by atoms with van der Waals surface area (Å²) < 4.78 is 7.60. The van der Waals surface area contributed by atoms with Crippen LogP contribution in [0.15, 0.2) is 6.33 Å². The first kappa shape index (κ1) is 12.1. The molecule has 1 aromatic heterocycles. The van der Waals surface area contributed by atoms with Gasteiger partial charge in [0.15, 0.2) is 5.82 Å². The van der Waals surface area contributed by atoms with Gasteiger partial charge in [-0.2, -0.15) is 5.10 Å². The van der Waals surface area contributed by atoms with Gasteiger partial charge in [-0.3, -0.25) is 4.68 Å². The van der Waals surface area contributed by atoms with Crippen molar-refractivity contribution in [3.8, 4) is 0 Å². The highest BCUT2D eigenvalue weighted by molar-refractivity contribution is 5.12. The number of hydrogen-bond acceptors (Lipinski definition) is 4. The maximum Gasteiger partial charge on any atom is 0.164 e. The van der Waals surface area contributed by atoms with E-state index in [1.165, 1.54) is 19.3 Å². The van der Waals surface area contributed by atoms with Crippen LogP contribution in [-0.2, 0) is 18.3 Å². The van der Waals surface area contributed by atoms with Gasteiger partial charge in [0.2, 0.25) is 0 Å². The Morgan fingerprint density at radius 2 is 2.39 bits per heavy atom. The monoisotopic (exact) mass is 250 g/mol. The average molecular weight is 250 g/mol. The molecule has 5 nitrogen and oxygen atoms in total. The van der Waals surface area contributed by atoms with Gasteiger partial charge in [-0.1, -0.05) is 6.42 Å². The summed E-state index contributed by atoms with van der Waals surface area (Å²) in [6.45, 7) is 3.69. The molecule has 0 radical (unpaired) electrons. The minimum atomic E-state index is 0.421. The quantitative estimate of drug-likeness (QED) is 0.854. The molecular weight excluding hydrogens is 228 g/mol. The first-order valence-corrected chi connectivity index (χ1v) is 6.94. The largest absolute Gasteiger partial charge is 0.378 e. The number of rotatable bonds is 5. The van der Waals surface area contributed by atoms with E-state index in [0.29, 0.717) is 17.6 Å². The van der Waals surface area contributed by atoms with Crippen LogP contribution in [0.2, 0.25) is 0 Å². The summed E-state index contributed by atoms with van der Waals surface area (Å²) >= 11 is 0. The summed E-state index contributed by atoms with van der Waals surface area (Å²) in [7, 11) is 1.90. The molecule has 18 heavy (non-hydrogen) atoms. The van der Waals surface area contributed by atoms with Crippen LogP contribution in [0.3, 0.4) is 0 Å². The molecule has 3 rings (SSSR count). The lowest BCUT2D eigenvalue weighted by molar-refractivity contribution is -0.173. The smallest absolute Gasteiger partial charge is 0.164 e. The van der Waals surface area contributed by atoms with Gasteiger partial charge < -0.3 is 10.1 Å². The zero-order valence-electron chi connectivity index (χ0n) is 11.2. The molecule has 0 aliphatic heterocycles. The highest BCUT2D eigenvalue weighted by Gasteiger charge is 2.58. The van der Waals surface area contributed by atoms with Gasteiger partial charge in [-0.25, -0.2) is 4.98 Å². The molecule has 0 saturated heterocycles. The topological polar surface area (TPSA) is 52.0 Å². The van der Waals surface area contributed by atoms with E-state index in [1.54, 1.807) is 11.0 Å². The molecule has 1 aromatic rings. The molecule has 2 atom stereocenters. The maximum absolute atomic E-state index is 5.85. The number of hydrogen-bond donors (Lipinski definition) is 1. The summed E-state index contributed by atoms with van der Waals surface area (Å²) in [6, 6.07) is 0.589. The van der Waals surface area contributed by atoms with Gasteiger partial charge in [0.25, 0.3) is 0 Å². The van der Waals surface area contributed by atoms with Gasteiger partial charge in [0, 0.05) is 25.1 Å². The Morgan fingerprint density at radius 1 is 1.56 bits per heavy atom. The number of ether oxygens (including phenoxy) is 1. The highest BCUT2D eigenvalue weighted by Crippen LogP contribution is 2.57. The molecule has 1 heterocycles. The van der Waals surface area contributed by atoms with E-state index in [2.05, 4.69) is 22.3 Å². The first-order chi connectivity index (χ1) is 8.74. The van der Waals surface area contributed by atoms with Crippen molar-refractivity contribution >= 4 is 0 Å². The van der Waals surface area contributed by atoms with E-state index >= 15 is 0 Å². The Balaban J connectivity index is 1.55. The lowest BCUT2D eigenvalue weighted by Crippen LogP contribution is -2.66. The van der Waals surface area contributed by atoms with E-state index in [4.69, 9.17) is 4.74 Å². The summed E-state index contributed by atoms with van der Waals surface area (Å²) in [4.78, 5) is 4.25. The Hall–Kier alpha value is -0.940. The van der Waals surface area contributed by atoms with Crippen molar-refractivity contribution in [2.24, 2.45) is 12.5 Å². The van der Waals surface area contributed by atoms with Crippen molar-refractivity contribution < 1.29 is 4.74 Å². The predicted octanol–water partition coefficient (Wildman–Crippen LogP) is 1.25. The van der Waals surface area contributed by atoms with Gasteiger partial charge >= 0.3 is 0 Å². The Kier molecular flexibility index (Phi) is 3.11. The summed E-state index contributed by atoms with van der Waals surface area (Å²) in [6.07, 6.45) is 7.34. The molecular formula is C13H22N4O. The van der Waals surface area contributed by atoms with Crippen LogP contribution in [0.25, 0.3) is 0 Å². The van der Waals surface area contributed by atoms with Crippen molar-refractivity contribution in [1.82, 2.24) is 20.1 Å². The molecule has 0 bridgehead atoms. The number of nitrogens with one attached hydrogen (secondary N) is 1. The van der Waals surface area contributed by atoms with Gasteiger partial charge in [-0.15, -0.1) is 0 Å². The molecule has 2 saturated carbocycles. The Morgan fingerprint density at radius 3 is 2.94 bits per heavy atom. The second-order valence-electron chi connectivity index (χ2n) is 5.53. The van der Waals surface area contributed by atoms with E-state index in [1.807, 2.05) is 7.05 Å². The van der Waals surface area contributed by atoms with Crippen molar-refractivity contribution in [3.05, 3.63) is 12.2 Å². The maximum atomic E-state index is 5.85. The third-order valence-electron chi connectivity index (χ3n) is 4.59. The van der Waals surface area contributed by atoms with Crippen molar-refractivity contribution in [2.75, 3.05) is 6.61 Å². The SMILES string of the molecule is CCOC1CC(NCc2ncn(C)n2)C12CCC2. The minimum absolute atomic E-state index is 0.421. The fourth-order valence-corrected chi connectivity index (χ4v) is 3.40. The molecule has 5 heteroatoms. The summed E-state index contributed by atoms with van der Waals surface area (Å²) in [5.41, 5.74) is 0.421. The zero-order chi connectivity index (χ0) is 12.6. The molecule has 100 valence electrons. The average Bonchev–Trinajstić information content (AvgIpc) is 2.66. The Bertz CT molecular complexity index is 413. The number of aromatic nitrogens is 3. The normalized spacial score (nSPS) is 29.0. The van der Waals surface area contributed by atoms with Crippen LogP contribution in [-0.4, -0.2) is 33.5 Å². The van der Waals surface area contributed by atoms with E-state index in [9.17, 15) is 0 Å². The fourth-order valence-electron chi connectivity index (χ4n) is 3.40. The fraction of sp³-hybridized carbons (Fsp3) is 0.846. The van der Waals surface area contributed by atoms with Crippen LogP contribution in [0.4, 0.5) is 0 Å². The predicted molar refractivity (Wildman–Crippen MR) is 67.9 cm³/mol. The molecule has 0 amide bonds. The molecule has 1 spiro atoms. The van der Waals surface area contributed by atoms with Gasteiger partial charge in [0.1, 0.15) is 6.33 Å². The van der Waals surface area contributed by atoms with Crippen LogP contribution in [0.1, 0.15) is 38.4 Å². The second kappa shape index (κ2) is 4.63. The standard InChI is InChI=1S/C13H22N4O/c1-3-18-11-7-10(13(11)5-4-6-13)14-8-12-15-9-17(2)16-12/h9-11,14H,3-8H2,1-2H3. The Labute approximate surface area is 108 Å². The van der Waals surface area contributed by atoms with Crippen molar-refractivity contribution in [3.63, 3.8) is 0 Å². The molecule has 0 aromatic carbocycles. The molecule has 1 N–H and O–H groups in total. The lowest BCUT2D eigenvalue weighted by Gasteiger charge is -2.61.